The standard InChI is InChI=1S/C13H18N2O2S/c16-18(17,13-4-2-1-3-5-13)15-9-8-11-6-7-12(10-15)14-11/h1-5,11-12,14H,6-10H2. The molecule has 2 aliphatic heterocycles. The first-order valence-corrected chi connectivity index (χ1v) is 7.91. The second-order valence-electron chi connectivity index (χ2n) is 5.10. The van der Waals surface area contributed by atoms with Crippen molar-refractivity contribution in [3.8, 4) is 0 Å². The fourth-order valence-corrected chi connectivity index (χ4v) is 4.39. The summed E-state index contributed by atoms with van der Waals surface area (Å²) in [5, 5.41) is 3.50. The largest absolute Gasteiger partial charge is 0.310 e. The highest BCUT2D eigenvalue weighted by Gasteiger charge is 2.34. The van der Waals surface area contributed by atoms with Crippen LogP contribution >= 0.6 is 0 Å². The lowest BCUT2D eigenvalue weighted by atomic mass is 10.1. The smallest absolute Gasteiger partial charge is 0.243 e. The van der Waals surface area contributed by atoms with Crippen LogP contribution in [0.4, 0.5) is 0 Å². The third-order valence-corrected chi connectivity index (χ3v) is 5.75. The molecule has 2 aliphatic rings. The molecule has 18 heavy (non-hydrogen) atoms. The van der Waals surface area contributed by atoms with Crippen LogP contribution in [-0.4, -0.2) is 37.9 Å². The van der Waals surface area contributed by atoms with Crippen LogP contribution in [0, 0.1) is 0 Å². The molecular weight excluding hydrogens is 248 g/mol. The summed E-state index contributed by atoms with van der Waals surface area (Å²) in [6.45, 7) is 1.24. The number of fused-ring (bicyclic) bond motifs is 2. The first kappa shape index (κ1) is 12.1. The Hall–Kier alpha value is -0.910. The maximum Gasteiger partial charge on any atom is 0.243 e. The molecule has 2 unspecified atom stereocenters. The maximum absolute atomic E-state index is 12.5. The lowest BCUT2D eigenvalue weighted by Crippen LogP contribution is -2.38. The van der Waals surface area contributed by atoms with Crippen molar-refractivity contribution >= 4 is 10.0 Å². The summed E-state index contributed by atoms with van der Waals surface area (Å²) in [6, 6.07) is 9.56. The Labute approximate surface area is 108 Å². The van der Waals surface area contributed by atoms with Gasteiger partial charge in [-0.1, -0.05) is 18.2 Å². The lowest BCUT2D eigenvalue weighted by Gasteiger charge is -2.23. The van der Waals surface area contributed by atoms with Gasteiger partial charge < -0.3 is 5.32 Å². The highest BCUT2D eigenvalue weighted by Crippen LogP contribution is 2.24. The van der Waals surface area contributed by atoms with Crippen LogP contribution in [0.15, 0.2) is 35.2 Å². The van der Waals surface area contributed by atoms with Crippen LogP contribution < -0.4 is 5.32 Å². The fourth-order valence-electron chi connectivity index (χ4n) is 2.87. The predicted octanol–water partition coefficient (Wildman–Crippen LogP) is 1.20. The van der Waals surface area contributed by atoms with Crippen molar-refractivity contribution in [3.05, 3.63) is 30.3 Å². The van der Waals surface area contributed by atoms with Crippen molar-refractivity contribution < 1.29 is 8.42 Å². The number of benzene rings is 1. The predicted molar refractivity (Wildman–Crippen MR) is 69.8 cm³/mol. The molecule has 5 heteroatoms. The first-order valence-electron chi connectivity index (χ1n) is 6.47. The minimum absolute atomic E-state index is 0.330. The minimum atomic E-state index is -3.31. The van der Waals surface area contributed by atoms with E-state index in [1.165, 1.54) is 6.42 Å². The third-order valence-electron chi connectivity index (χ3n) is 3.87. The topological polar surface area (TPSA) is 49.4 Å². The number of hydrogen-bond donors (Lipinski definition) is 1. The van der Waals surface area contributed by atoms with E-state index >= 15 is 0 Å². The zero-order valence-electron chi connectivity index (χ0n) is 10.2. The normalized spacial score (nSPS) is 29.1. The number of nitrogens with one attached hydrogen (secondary N) is 1. The van der Waals surface area contributed by atoms with Gasteiger partial charge in [-0.2, -0.15) is 4.31 Å². The number of sulfonamides is 1. The van der Waals surface area contributed by atoms with E-state index in [0.29, 0.717) is 30.1 Å². The van der Waals surface area contributed by atoms with Gasteiger partial charge in [0.1, 0.15) is 0 Å². The highest BCUT2D eigenvalue weighted by molar-refractivity contribution is 7.89. The van der Waals surface area contributed by atoms with Gasteiger partial charge in [-0.25, -0.2) is 8.42 Å². The van der Waals surface area contributed by atoms with Gasteiger partial charge in [0.25, 0.3) is 0 Å². The summed E-state index contributed by atoms with van der Waals surface area (Å²) >= 11 is 0. The Bertz CT molecular complexity index is 515. The van der Waals surface area contributed by atoms with Gasteiger partial charge in [0.2, 0.25) is 10.0 Å². The average Bonchev–Trinajstić information content (AvgIpc) is 2.69. The molecule has 0 radical (unpaired) electrons. The molecule has 2 heterocycles. The second kappa shape index (κ2) is 4.64. The van der Waals surface area contributed by atoms with E-state index in [2.05, 4.69) is 5.32 Å². The molecule has 2 bridgehead atoms. The lowest BCUT2D eigenvalue weighted by molar-refractivity contribution is 0.383. The Morgan fingerprint density at radius 2 is 1.78 bits per heavy atom. The van der Waals surface area contributed by atoms with Crippen LogP contribution in [0.2, 0.25) is 0 Å². The molecule has 1 N–H and O–H groups in total. The molecule has 0 spiro atoms. The summed E-state index contributed by atoms with van der Waals surface area (Å²) in [6.07, 6.45) is 3.19. The van der Waals surface area contributed by atoms with Gasteiger partial charge in [0, 0.05) is 25.2 Å². The number of nitrogens with zero attached hydrogens (tertiary/aromatic N) is 1. The molecule has 1 aromatic rings. The Morgan fingerprint density at radius 1 is 1.06 bits per heavy atom. The molecular formula is C13H18N2O2S. The molecule has 0 aliphatic carbocycles. The van der Waals surface area contributed by atoms with E-state index < -0.39 is 10.0 Å². The fraction of sp³-hybridized carbons (Fsp3) is 0.538. The number of rotatable bonds is 2. The summed E-state index contributed by atoms with van der Waals surface area (Å²) in [4.78, 5) is 0.405. The monoisotopic (exact) mass is 266 g/mol. The molecule has 3 rings (SSSR count). The van der Waals surface area contributed by atoms with Gasteiger partial charge in [-0.3, -0.25) is 0 Å². The molecule has 0 saturated carbocycles. The van der Waals surface area contributed by atoms with Crippen molar-refractivity contribution in [2.45, 2.75) is 36.2 Å². The first-order chi connectivity index (χ1) is 8.66. The molecule has 2 saturated heterocycles. The van der Waals surface area contributed by atoms with Crippen molar-refractivity contribution in [2.75, 3.05) is 13.1 Å². The molecule has 0 amide bonds. The maximum atomic E-state index is 12.5. The zero-order chi connectivity index (χ0) is 12.6. The van der Waals surface area contributed by atoms with Crippen LogP contribution in [-0.2, 0) is 10.0 Å². The van der Waals surface area contributed by atoms with Gasteiger partial charge in [-0.15, -0.1) is 0 Å². The molecule has 0 aromatic heterocycles. The number of hydrogen-bond acceptors (Lipinski definition) is 3. The Balaban J connectivity index is 1.86. The van der Waals surface area contributed by atoms with Crippen LogP contribution in [0.5, 0.6) is 0 Å². The summed E-state index contributed by atoms with van der Waals surface area (Å²) in [5.41, 5.74) is 0. The van der Waals surface area contributed by atoms with Crippen molar-refractivity contribution in [1.82, 2.24) is 9.62 Å². The zero-order valence-corrected chi connectivity index (χ0v) is 11.1. The van der Waals surface area contributed by atoms with E-state index in [1.54, 1.807) is 28.6 Å². The van der Waals surface area contributed by atoms with Gasteiger partial charge in [0.15, 0.2) is 0 Å². The van der Waals surface area contributed by atoms with E-state index in [9.17, 15) is 8.42 Å². The summed E-state index contributed by atoms with van der Waals surface area (Å²) < 4.78 is 26.7. The van der Waals surface area contributed by atoms with Crippen molar-refractivity contribution in [1.29, 1.82) is 0 Å². The Morgan fingerprint density at radius 3 is 2.56 bits per heavy atom. The van der Waals surface area contributed by atoms with Gasteiger partial charge in [-0.05, 0) is 31.4 Å². The van der Waals surface area contributed by atoms with Crippen molar-refractivity contribution in [3.63, 3.8) is 0 Å². The molecule has 2 fully saturated rings. The average molecular weight is 266 g/mol. The highest BCUT2D eigenvalue weighted by atomic mass is 32.2. The van der Waals surface area contributed by atoms with Crippen molar-refractivity contribution in [2.24, 2.45) is 0 Å². The molecule has 98 valence electrons. The minimum Gasteiger partial charge on any atom is -0.310 e. The second-order valence-corrected chi connectivity index (χ2v) is 7.04. The van der Waals surface area contributed by atoms with Crippen LogP contribution in [0.3, 0.4) is 0 Å². The molecule has 1 aromatic carbocycles. The molecule has 4 nitrogen and oxygen atoms in total. The Kier molecular flexibility index (Phi) is 3.13. The van der Waals surface area contributed by atoms with Crippen LogP contribution in [0.1, 0.15) is 19.3 Å². The SMILES string of the molecule is O=S(=O)(c1ccccc1)N1CCC2CCC(C1)N2. The third kappa shape index (κ3) is 2.18. The van der Waals surface area contributed by atoms with E-state index in [1.807, 2.05) is 6.07 Å². The van der Waals surface area contributed by atoms with E-state index in [4.69, 9.17) is 0 Å². The summed E-state index contributed by atoms with van der Waals surface area (Å²) in [7, 11) is -3.31. The quantitative estimate of drug-likeness (QED) is 0.875. The van der Waals surface area contributed by atoms with Gasteiger partial charge in [0.05, 0.1) is 4.90 Å². The van der Waals surface area contributed by atoms with E-state index in [0.717, 1.165) is 12.8 Å². The summed E-state index contributed by atoms with van der Waals surface area (Å²) in [5.74, 6) is 0. The van der Waals surface area contributed by atoms with Crippen LogP contribution in [0.25, 0.3) is 0 Å². The molecule has 2 atom stereocenters. The van der Waals surface area contributed by atoms with Gasteiger partial charge >= 0.3 is 0 Å². The van der Waals surface area contributed by atoms with E-state index in [-0.39, 0.29) is 0 Å².